The van der Waals surface area contributed by atoms with Gasteiger partial charge >= 0.3 is 6.09 Å². The van der Waals surface area contributed by atoms with Crippen molar-refractivity contribution in [3.05, 3.63) is 55.6 Å². The fraction of sp³-hybridized carbons (Fsp3) is 0.816. The summed E-state index contributed by atoms with van der Waals surface area (Å²) in [7, 11) is 1.72. The van der Waals surface area contributed by atoms with Crippen molar-refractivity contribution in [3.63, 3.8) is 0 Å². The van der Waals surface area contributed by atoms with E-state index in [0.717, 1.165) is 56.5 Å². The number of hydrogen-bond acceptors (Lipinski definition) is 15. The molecule has 2 saturated heterocycles. The number of rotatable bonds is 25. The fourth-order valence-electron chi connectivity index (χ4n) is 7.84. The third kappa shape index (κ3) is 15.2. The van der Waals surface area contributed by atoms with Gasteiger partial charge in [0.15, 0.2) is 0 Å². The van der Waals surface area contributed by atoms with Crippen molar-refractivity contribution in [2.75, 3.05) is 86.1 Å². The smallest absolute Gasteiger partial charge is 0.409 e. The second-order valence-corrected chi connectivity index (χ2v) is 15.0. The van der Waals surface area contributed by atoms with Gasteiger partial charge in [0.05, 0.1) is 64.4 Å². The summed E-state index contributed by atoms with van der Waals surface area (Å²) < 4.78 is 35.1. The van der Waals surface area contributed by atoms with Crippen LogP contribution in [0, 0.1) is 32.1 Å². The van der Waals surface area contributed by atoms with E-state index in [2.05, 4.69) is 21.5 Å². The van der Waals surface area contributed by atoms with Crippen LogP contribution in [0.5, 0.6) is 0 Å². The number of aliphatic hydroxyl groups is 1. The van der Waals surface area contributed by atoms with Crippen LogP contribution in [-0.2, 0) is 44.7 Å². The van der Waals surface area contributed by atoms with Crippen molar-refractivity contribution >= 4 is 6.09 Å². The van der Waals surface area contributed by atoms with E-state index in [9.17, 15) is 30.1 Å². The first-order valence-corrected chi connectivity index (χ1v) is 20.0. The zero-order chi connectivity index (χ0) is 40.3. The Kier molecular flexibility index (Phi) is 19.7. The van der Waals surface area contributed by atoms with Crippen LogP contribution in [0.25, 0.3) is 0 Å². The highest BCUT2D eigenvalue weighted by molar-refractivity contribution is 5.68. The topological polar surface area (TPSA) is 204 Å². The van der Waals surface area contributed by atoms with Crippen molar-refractivity contribution in [3.8, 4) is 0 Å². The SMILES string of the molecule is CCOCC(C)COCc1ccc(C2C(O)CN(C(=O)OCCCCC(CO[N+](=O)[O-])O[N+](=O)[O-])CC2OCC2CCC3OCCN(CCCOC)C3C2)cc1. The molecule has 18 nitrogen and oxygen atoms in total. The minimum absolute atomic E-state index is 0.00315. The highest BCUT2D eigenvalue weighted by Gasteiger charge is 2.42. The van der Waals surface area contributed by atoms with Crippen LogP contribution >= 0.6 is 0 Å². The van der Waals surface area contributed by atoms with Crippen LogP contribution in [0.4, 0.5) is 4.79 Å². The predicted octanol–water partition coefficient (Wildman–Crippen LogP) is 4.02. The van der Waals surface area contributed by atoms with Crippen LogP contribution in [0.3, 0.4) is 0 Å². The predicted molar refractivity (Wildman–Crippen MR) is 201 cm³/mol. The lowest BCUT2D eigenvalue weighted by Crippen LogP contribution is -2.55. The number of amides is 1. The molecule has 0 radical (unpaired) electrons. The maximum absolute atomic E-state index is 13.3. The van der Waals surface area contributed by atoms with Gasteiger partial charge in [-0.3, -0.25) is 4.90 Å². The summed E-state index contributed by atoms with van der Waals surface area (Å²) in [5.74, 6) is 0.176. The number of carbonyl (C=O) groups excluding carboxylic acids is 1. The van der Waals surface area contributed by atoms with Gasteiger partial charge in [-0.1, -0.05) is 31.2 Å². The van der Waals surface area contributed by atoms with Crippen molar-refractivity contribution in [1.29, 1.82) is 0 Å². The summed E-state index contributed by atoms with van der Waals surface area (Å²) in [5.41, 5.74) is 1.92. The van der Waals surface area contributed by atoms with Crippen LogP contribution < -0.4 is 0 Å². The van der Waals surface area contributed by atoms with Crippen molar-refractivity contribution in [1.82, 2.24) is 9.80 Å². The van der Waals surface area contributed by atoms with E-state index in [0.29, 0.717) is 58.5 Å². The molecule has 1 aromatic carbocycles. The molecule has 2 heterocycles. The molecule has 8 unspecified atom stereocenters. The third-order valence-corrected chi connectivity index (χ3v) is 10.7. The molecule has 0 bridgehead atoms. The molecule has 0 aromatic heterocycles. The lowest BCUT2D eigenvalue weighted by molar-refractivity contribution is -0.790. The number of likely N-dealkylation sites (tertiary alicyclic amines) is 1. The Morgan fingerprint density at radius 1 is 1.02 bits per heavy atom. The van der Waals surface area contributed by atoms with Gasteiger partial charge in [0.1, 0.15) is 12.7 Å². The number of fused-ring (bicyclic) bond motifs is 1. The van der Waals surface area contributed by atoms with E-state index in [4.69, 9.17) is 28.4 Å². The number of piperidine rings is 1. The zero-order valence-corrected chi connectivity index (χ0v) is 33.1. The number of benzene rings is 1. The van der Waals surface area contributed by atoms with Crippen LogP contribution in [0.15, 0.2) is 24.3 Å². The summed E-state index contributed by atoms with van der Waals surface area (Å²) in [6.07, 6.45) is 1.58. The summed E-state index contributed by atoms with van der Waals surface area (Å²) in [6.45, 7) is 9.86. The molecule has 3 aliphatic rings. The van der Waals surface area contributed by atoms with E-state index in [1.165, 1.54) is 4.90 Å². The number of methoxy groups -OCH3 is 1. The van der Waals surface area contributed by atoms with E-state index < -0.39 is 41.2 Å². The molecular formula is C38H62N4O14. The molecule has 2 aliphatic heterocycles. The van der Waals surface area contributed by atoms with Crippen LogP contribution in [0.2, 0.25) is 0 Å². The summed E-state index contributed by atoms with van der Waals surface area (Å²) in [5, 5.41) is 30.8. The molecule has 1 amide bonds. The van der Waals surface area contributed by atoms with Gasteiger partial charge in [-0.2, -0.15) is 0 Å². The first-order chi connectivity index (χ1) is 27.1. The Morgan fingerprint density at radius 3 is 2.54 bits per heavy atom. The third-order valence-electron chi connectivity index (χ3n) is 10.7. The van der Waals surface area contributed by atoms with Crippen LogP contribution in [-0.4, -0.2) is 148 Å². The Labute approximate surface area is 329 Å². The monoisotopic (exact) mass is 798 g/mol. The number of ether oxygens (including phenoxy) is 6. The molecule has 0 spiro atoms. The highest BCUT2D eigenvalue weighted by atomic mass is 17.0. The average molecular weight is 799 g/mol. The molecule has 1 N–H and O–H groups in total. The van der Waals surface area contributed by atoms with E-state index in [-0.39, 0.29) is 50.0 Å². The Hall–Kier alpha value is -3.39. The summed E-state index contributed by atoms with van der Waals surface area (Å²) in [4.78, 5) is 47.2. The minimum atomic E-state index is -1.13. The maximum atomic E-state index is 13.3. The standard InChI is InChI=1S/C38H62N4O14/c1-4-50-23-28(2)24-51-25-29-9-12-31(13-10-29)37-34(43)21-40(38(44)53-18-6-5-8-32(56-42(47)48)27-55-41(45)46)22-36(37)54-26-30-11-14-35-33(20-30)39(16-19-52-35)15-7-17-49-3/h9-10,12-13,28,30,32-37,43H,4-8,11,14-27H2,1-3H3. The second kappa shape index (κ2) is 24.4. The van der Waals surface area contributed by atoms with Gasteiger partial charge in [-0.15, -0.1) is 20.2 Å². The fourth-order valence-corrected chi connectivity index (χ4v) is 7.84. The number of unbranched alkanes of at least 4 members (excludes halogenated alkanes) is 1. The first kappa shape index (κ1) is 45.3. The molecule has 56 heavy (non-hydrogen) atoms. The van der Waals surface area contributed by atoms with Gasteiger partial charge in [0.2, 0.25) is 0 Å². The Bertz CT molecular complexity index is 1310. The first-order valence-electron chi connectivity index (χ1n) is 20.0. The van der Waals surface area contributed by atoms with E-state index in [1.54, 1.807) is 7.11 Å². The lowest BCUT2D eigenvalue weighted by atomic mass is 9.82. The van der Waals surface area contributed by atoms with Crippen molar-refractivity contribution < 1.29 is 58.2 Å². The lowest BCUT2D eigenvalue weighted by Gasteiger charge is -2.46. The molecule has 1 aliphatic carbocycles. The molecular weight excluding hydrogens is 736 g/mol. The molecule has 8 atom stereocenters. The van der Waals surface area contributed by atoms with Crippen molar-refractivity contribution in [2.45, 2.75) is 102 Å². The Balaban J connectivity index is 1.36. The largest absolute Gasteiger partial charge is 0.449 e. The van der Waals surface area contributed by atoms with Gasteiger partial charge in [0, 0.05) is 57.9 Å². The summed E-state index contributed by atoms with van der Waals surface area (Å²) in [6, 6.07) is 8.30. The number of morpholine rings is 1. The molecule has 318 valence electrons. The number of aliphatic hydroxyl groups excluding tert-OH is 1. The average Bonchev–Trinajstić information content (AvgIpc) is 3.18. The van der Waals surface area contributed by atoms with Gasteiger partial charge in [0.25, 0.3) is 10.2 Å². The normalized spacial score (nSPS) is 25.2. The second-order valence-electron chi connectivity index (χ2n) is 15.0. The van der Waals surface area contributed by atoms with Crippen molar-refractivity contribution in [2.24, 2.45) is 11.8 Å². The maximum Gasteiger partial charge on any atom is 0.409 e. The van der Waals surface area contributed by atoms with E-state index >= 15 is 0 Å². The van der Waals surface area contributed by atoms with Gasteiger partial charge < -0.3 is 48.1 Å². The number of nitrogens with zero attached hydrogens (tertiary/aromatic N) is 4. The number of hydrogen-bond donors (Lipinski definition) is 1. The molecule has 18 heteroatoms. The number of β-amino-alcohol motifs (C(OH)–C–C–N with tert-alkyl or cyclic N) is 1. The highest BCUT2D eigenvalue weighted by Crippen LogP contribution is 2.36. The minimum Gasteiger partial charge on any atom is -0.449 e. The molecule has 1 aromatic rings. The van der Waals surface area contributed by atoms with Gasteiger partial charge in [-0.25, -0.2) is 4.79 Å². The zero-order valence-electron chi connectivity index (χ0n) is 33.1. The summed E-state index contributed by atoms with van der Waals surface area (Å²) >= 11 is 0. The van der Waals surface area contributed by atoms with Gasteiger partial charge in [-0.05, 0) is 68.9 Å². The Morgan fingerprint density at radius 2 is 1.80 bits per heavy atom. The van der Waals surface area contributed by atoms with Crippen LogP contribution in [0.1, 0.15) is 75.8 Å². The molecule has 3 fully saturated rings. The van der Waals surface area contributed by atoms with E-state index in [1.807, 2.05) is 31.2 Å². The number of carbonyl (C=O) groups is 1. The molecule has 4 rings (SSSR count). The molecule has 1 saturated carbocycles. The quantitative estimate of drug-likeness (QED) is 0.0843.